The molecule has 1 aliphatic rings. The van der Waals surface area contributed by atoms with Crippen LogP contribution in [0.25, 0.3) is 0 Å². The van der Waals surface area contributed by atoms with Gasteiger partial charge in [-0.05, 0) is 36.6 Å². The van der Waals surface area contributed by atoms with Crippen LogP contribution < -0.4 is 15.5 Å². The van der Waals surface area contributed by atoms with Gasteiger partial charge in [-0.15, -0.1) is 0 Å². The number of hydrogen-bond donors (Lipinski definition) is 2. The molecule has 1 aromatic carbocycles. The van der Waals surface area contributed by atoms with Crippen LogP contribution in [0.5, 0.6) is 0 Å². The molecule has 1 saturated heterocycles. The second kappa shape index (κ2) is 9.41. The Balaban J connectivity index is 1.51. The van der Waals surface area contributed by atoms with E-state index in [4.69, 9.17) is 0 Å². The fourth-order valence-electron chi connectivity index (χ4n) is 3.59. The van der Waals surface area contributed by atoms with Crippen LogP contribution in [0.15, 0.2) is 58.1 Å². The van der Waals surface area contributed by atoms with Crippen molar-refractivity contribution in [3.63, 3.8) is 0 Å². The normalized spacial score (nSPS) is 16.1. The highest BCUT2D eigenvalue weighted by Crippen LogP contribution is 2.29. The summed E-state index contributed by atoms with van der Waals surface area (Å²) < 4.78 is 1.15. The zero-order chi connectivity index (χ0) is 20.0. The number of aromatic nitrogens is 1. The first-order valence-corrected chi connectivity index (χ1v) is 10.7. The number of anilines is 1. The maximum Gasteiger partial charge on any atom is 0.191 e. The Kier molecular flexibility index (Phi) is 6.94. The van der Waals surface area contributed by atoms with Crippen molar-refractivity contribution in [1.82, 2.24) is 15.6 Å². The molecule has 1 fully saturated rings. The Bertz CT molecular complexity index is 783. The first kappa shape index (κ1) is 20.6. The summed E-state index contributed by atoms with van der Waals surface area (Å²) >= 11 is 3.68. The van der Waals surface area contributed by atoms with E-state index in [0.29, 0.717) is 6.04 Å². The molecule has 0 amide bonds. The number of pyridine rings is 1. The van der Waals surface area contributed by atoms with Crippen molar-refractivity contribution in [3.8, 4) is 0 Å². The highest BCUT2D eigenvalue weighted by molar-refractivity contribution is 9.10. The molecule has 0 unspecified atom stereocenters. The molecular weight excluding hydrogens is 414 g/mol. The Labute approximate surface area is 176 Å². The predicted molar refractivity (Wildman–Crippen MR) is 121 cm³/mol. The molecule has 150 valence electrons. The van der Waals surface area contributed by atoms with Gasteiger partial charge in [0.15, 0.2) is 5.96 Å². The van der Waals surface area contributed by atoms with E-state index in [1.54, 1.807) is 0 Å². The third-order valence-corrected chi connectivity index (χ3v) is 6.02. The molecule has 3 rings (SSSR count). The molecule has 0 spiro atoms. The third kappa shape index (κ3) is 5.25. The van der Waals surface area contributed by atoms with Gasteiger partial charge in [0.2, 0.25) is 0 Å². The Morgan fingerprint density at radius 1 is 1.18 bits per heavy atom. The Morgan fingerprint density at radius 2 is 1.89 bits per heavy atom. The predicted octanol–water partition coefficient (Wildman–Crippen LogP) is 3.96. The average molecular weight is 444 g/mol. The highest BCUT2D eigenvalue weighted by atomic mass is 79.9. The van der Waals surface area contributed by atoms with Gasteiger partial charge in [-0.2, -0.15) is 0 Å². The van der Waals surface area contributed by atoms with Crippen molar-refractivity contribution < 1.29 is 0 Å². The van der Waals surface area contributed by atoms with E-state index in [1.165, 1.54) is 5.56 Å². The maximum atomic E-state index is 4.46. The number of guanidine groups is 1. The van der Waals surface area contributed by atoms with E-state index < -0.39 is 0 Å². The molecular formula is C22H30BrN5. The van der Waals surface area contributed by atoms with E-state index in [1.807, 2.05) is 25.4 Å². The summed E-state index contributed by atoms with van der Waals surface area (Å²) in [5.41, 5.74) is 1.28. The SMILES string of the molecule is CN=C(NCC(C)(C)c1ccccc1Br)NC1CCN(c2ccccn2)CC1. The van der Waals surface area contributed by atoms with E-state index in [0.717, 1.165) is 48.7 Å². The fraction of sp³-hybridized carbons (Fsp3) is 0.455. The molecule has 0 bridgehead atoms. The largest absolute Gasteiger partial charge is 0.356 e. The van der Waals surface area contributed by atoms with Crippen molar-refractivity contribution in [2.75, 3.05) is 31.6 Å². The molecule has 5 nitrogen and oxygen atoms in total. The molecule has 6 heteroatoms. The molecule has 2 heterocycles. The lowest BCUT2D eigenvalue weighted by atomic mass is 9.84. The average Bonchev–Trinajstić information content (AvgIpc) is 2.72. The third-order valence-electron chi connectivity index (χ3n) is 5.33. The van der Waals surface area contributed by atoms with Gasteiger partial charge >= 0.3 is 0 Å². The van der Waals surface area contributed by atoms with Crippen LogP contribution in [0.2, 0.25) is 0 Å². The molecule has 0 aliphatic carbocycles. The number of rotatable bonds is 5. The quantitative estimate of drug-likeness (QED) is 0.542. The van der Waals surface area contributed by atoms with Crippen molar-refractivity contribution in [3.05, 3.63) is 58.7 Å². The Hall–Kier alpha value is -2.08. The van der Waals surface area contributed by atoms with E-state index in [-0.39, 0.29) is 5.41 Å². The topological polar surface area (TPSA) is 52.6 Å². The number of hydrogen-bond acceptors (Lipinski definition) is 3. The lowest BCUT2D eigenvalue weighted by molar-refractivity contribution is 0.452. The van der Waals surface area contributed by atoms with Crippen molar-refractivity contribution >= 4 is 27.7 Å². The molecule has 1 aromatic heterocycles. The fourth-order valence-corrected chi connectivity index (χ4v) is 4.41. The van der Waals surface area contributed by atoms with E-state index in [2.05, 4.69) is 85.6 Å². The zero-order valence-corrected chi connectivity index (χ0v) is 18.5. The summed E-state index contributed by atoms with van der Waals surface area (Å²) in [6.45, 7) is 7.32. The Morgan fingerprint density at radius 3 is 2.54 bits per heavy atom. The van der Waals surface area contributed by atoms with Gasteiger partial charge in [0.25, 0.3) is 0 Å². The summed E-state index contributed by atoms with van der Waals surface area (Å²) in [6, 6.07) is 14.9. The second-order valence-corrected chi connectivity index (χ2v) is 8.74. The van der Waals surface area contributed by atoms with Crippen molar-refractivity contribution in [2.45, 2.75) is 38.1 Å². The molecule has 0 atom stereocenters. The van der Waals surface area contributed by atoms with Crippen LogP contribution in [0.3, 0.4) is 0 Å². The standard InChI is InChI=1S/C22H30BrN5/c1-22(2,18-8-4-5-9-19(18)23)16-26-21(24-3)27-17-11-14-28(15-12-17)20-10-6-7-13-25-20/h4-10,13,17H,11-12,14-16H2,1-3H3,(H2,24,26,27). The van der Waals surface area contributed by atoms with Gasteiger partial charge in [0.05, 0.1) is 0 Å². The number of nitrogens with zero attached hydrogens (tertiary/aromatic N) is 3. The number of benzene rings is 1. The molecule has 2 N–H and O–H groups in total. The lowest BCUT2D eigenvalue weighted by Gasteiger charge is -2.34. The molecule has 0 saturated carbocycles. The first-order valence-electron chi connectivity index (χ1n) is 9.88. The number of nitrogens with one attached hydrogen (secondary N) is 2. The monoisotopic (exact) mass is 443 g/mol. The number of halogens is 1. The van der Waals surface area contributed by atoms with Crippen LogP contribution in [0, 0.1) is 0 Å². The molecule has 1 aliphatic heterocycles. The molecule has 0 radical (unpaired) electrons. The zero-order valence-electron chi connectivity index (χ0n) is 17.0. The van der Waals surface area contributed by atoms with Gasteiger partial charge in [-0.3, -0.25) is 4.99 Å². The van der Waals surface area contributed by atoms with Gasteiger partial charge in [0, 0.05) is 48.8 Å². The van der Waals surface area contributed by atoms with Gasteiger partial charge in [0.1, 0.15) is 5.82 Å². The van der Waals surface area contributed by atoms with Crippen LogP contribution in [-0.4, -0.2) is 43.7 Å². The minimum absolute atomic E-state index is 0.0138. The number of piperidine rings is 1. The minimum Gasteiger partial charge on any atom is -0.356 e. The van der Waals surface area contributed by atoms with Crippen LogP contribution in [0.4, 0.5) is 5.82 Å². The van der Waals surface area contributed by atoms with Crippen LogP contribution in [-0.2, 0) is 5.41 Å². The van der Waals surface area contributed by atoms with E-state index >= 15 is 0 Å². The maximum absolute atomic E-state index is 4.46. The van der Waals surface area contributed by atoms with Crippen LogP contribution in [0.1, 0.15) is 32.3 Å². The summed E-state index contributed by atoms with van der Waals surface area (Å²) in [5, 5.41) is 7.11. The second-order valence-electron chi connectivity index (χ2n) is 7.88. The first-order chi connectivity index (χ1) is 13.5. The molecule has 2 aromatic rings. The summed E-state index contributed by atoms with van der Waals surface area (Å²) in [6.07, 6.45) is 4.01. The molecule has 28 heavy (non-hydrogen) atoms. The van der Waals surface area contributed by atoms with Gasteiger partial charge < -0.3 is 15.5 Å². The summed E-state index contributed by atoms with van der Waals surface area (Å²) in [4.78, 5) is 11.2. The van der Waals surface area contributed by atoms with Crippen molar-refractivity contribution in [2.24, 2.45) is 4.99 Å². The minimum atomic E-state index is -0.0138. The van der Waals surface area contributed by atoms with Crippen molar-refractivity contribution in [1.29, 1.82) is 0 Å². The van der Waals surface area contributed by atoms with Gasteiger partial charge in [-0.1, -0.05) is 54.0 Å². The van der Waals surface area contributed by atoms with Crippen LogP contribution >= 0.6 is 15.9 Å². The summed E-state index contributed by atoms with van der Waals surface area (Å²) in [7, 11) is 1.84. The lowest BCUT2D eigenvalue weighted by Crippen LogP contribution is -2.50. The smallest absolute Gasteiger partial charge is 0.191 e. The highest BCUT2D eigenvalue weighted by Gasteiger charge is 2.24. The van der Waals surface area contributed by atoms with E-state index in [9.17, 15) is 0 Å². The summed E-state index contributed by atoms with van der Waals surface area (Å²) in [5.74, 6) is 1.94. The number of aliphatic imine (C=N–C) groups is 1. The van der Waals surface area contributed by atoms with Gasteiger partial charge in [-0.25, -0.2) is 4.98 Å².